The summed E-state index contributed by atoms with van der Waals surface area (Å²) in [5.41, 5.74) is 0.867. The van der Waals surface area contributed by atoms with Crippen molar-refractivity contribution in [2.45, 2.75) is 19.4 Å². The fourth-order valence-electron chi connectivity index (χ4n) is 3.02. The first-order valence-corrected chi connectivity index (χ1v) is 8.90. The Bertz CT molecular complexity index is 1040. The highest BCUT2D eigenvalue weighted by atomic mass is 16.6. The molecule has 150 valence electrons. The summed E-state index contributed by atoms with van der Waals surface area (Å²) in [6.07, 6.45) is 6.67. The van der Waals surface area contributed by atoms with Gasteiger partial charge in [-0.2, -0.15) is 0 Å². The van der Waals surface area contributed by atoms with Crippen LogP contribution in [0.1, 0.15) is 35.3 Å². The molecule has 1 aliphatic rings. The molecule has 29 heavy (non-hydrogen) atoms. The summed E-state index contributed by atoms with van der Waals surface area (Å²) in [7, 11) is 2.92. The van der Waals surface area contributed by atoms with Crippen molar-refractivity contribution in [3.05, 3.63) is 69.3 Å². The summed E-state index contributed by atoms with van der Waals surface area (Å²) in [6, 6.07) is 7.85. The summed E-state index contributed by atoms with van der Waals surface area (Å²) < 4.78 is 16.4. The van der Waals surface area contributed by atoms with Crippen molar-refractivity contribution in [2.24, 2.45) is 0 Å². The third kappa shape index (κ3) is 4.13. The van der Waals surface area contributed by atoms with Gasteiger partial charge in [0.25, 0.3) is 0 Å². The first-order chi connectivity index (χ1) is 13.8. The second-order valence-electron chi connectivity index (χ2n) is 6.98. The number of nitro groups is 1. The van der Waals surface area contributed by atoms with Gasteiger partial charge in [-0.15, -0.1) is 0 Å². The van der Waals surface area contributed by atoms with Crippen LogP contribution in [-0.2, 0) is 0 Å². The molecule has 0 atom stereocenters. The van der Waals surface area contributed by atoms with Crippen molar-refractivity contribution in [2.75, 3.05) is 14.2 Å². The van der Waals surface area contributed by atoms with Gasteiger partial charge >= 0.3 is 5.69 Å². The average Bonchev–Trinajstić information content (AvgIpc) is 2.70. The number of nitro benzene ring substituents is 1. The molecule has 0 fully saturated rings. The van der Waals surface area contributed by atoms with E-state index in [0.29, 0.717) is 28.2 Å². The zero-order valence-corrected chi connectivity index (χ0v) is 16.6. The third-order valence-corrected chi connectivity index (χ3v) is 4.48. The molecule has 0 N–H and O–H groups in total. The Kier molecular flexibility index (Phi) is 5.41. The van der Waals surface area contributed by atoms with Crippen LogP contribution in [-0.4, -0.2) is 30.5 Å². The fraction of sp³-hybridized carbons (Fsp3) is 0.227. The van der Waals surface area contributed by atoms with Crippen LogP contribution >= 0.6 is 0 Å². The Morgan fingerprint density at radius 1 is 1.14 bits per heavy atom. The minimum absolute atomic E-state index is 0.158. The Balaban J connectivity index is 1.95. The average molecular weight is 395 g/mol. The van der Waals surface area contributed by atoms with Gasteiger partial charge in [-0.25, -0.2) is 0 Å². The van der Waals surface area contributed by atoms with Crippen molar-refractivity contribution in [1.82, 2.24) is 0 Å². The van der Waals surface area contributed by atoms with E-state index in [4.69, 9.17) is 14.2 Å². The third-order valence-electron chi connectivity index (χ3n) is 4.48. The second kappa shape index (κ2) is 7.79. The van der Waals surface area contributed by atoms with Gasteiger partial charge in [-0.1, -0.05) is 12.1 Å². The van der Waals surface area contributed by atoms with E-state index in [1.54, 1.807) is 25.3 Å². The summed E-state index contributed by atoms with van der Waals surface area (Å²) in [5.74, 6) is 0.934. The topological polar surface area (TPSA) is 87.9 Å². The Hall–Kier alpha value is -3.61. The Labute approximate surface area is 168 Å². The molecule has 0 spiro atoms. The number of rotatable bonds is 6. The lowest BCUT2D eigenvalue weighted by atomic mass is 9.97. The standard InChI is InChI=1S/C22H21NO6/c1-22(2)12-11-16-19(27-3)10-7-15(21(16)29-22)18(24)8-5-14-6-9-20(28-4)17(13-14)23(25)26/h5-13H,1-4H3. The molecule has 7 nitrogen and oxygen atoms in total. The number of carbonyl (C=O) groups is 1. The second-order valence-corrected chi connectivity index (χ2v) is 6.98. The number of benzene rings is 2. The number of carbonyl (C=O) groups excluding carboxylic acids is 1. The molecule has 0 saturated carbocycles. The van der Waals surface area contributed by atoms with Crippen LogP contribution < -0.4 is 14.2 Å². The highest BCUT2D eigenvalue weighted by Crippen LogP contribution is 2.40. The number of ketones is 1. The van der Waals surface area contributed by atoms with Gasteiger partial charge in [-0.05, 0) is 55.8 Å². The SMILES string of the molecule is COc1ccc(C=CC(=O)c2ccc(OC)c3c2OC(C)(C)C=C3)cc1[N+](=O)[O-]. The van der Waals surface area contributed by atoms with E-state index in [2.05, 4.69) is 0 Å². The smallest absolute Gasteiger partial charge is 0.311 e. The molecule has 0 radical (unpaired) electrons. The number of hydrogen-bond acceptors (Lipinski definition) is 6. The fourth-order valence-corrected chi connectivity index (χ4v) is 3.02. The molecule has 2 aromatic rings. The van der Waals surface area contributed by atoms with Crippen molar-refractivity contribution >= 4 is 23.6 Å². The zero-order chi connectivity index (χ0) is 21.2. The lowest BCUT2D eigenvalue weighted by Crippen LogP contribution is -2.28. The predicted molar refractivity (Wildman–Crippen MR) is 110 cm³/mol. The minimum Gasteiger partial charge on any atom is -0.496 e. The lowest BCUT2D eigenvalue weighted by molar-refractivity contribution is -0.385. The Morgan fingerprint density at radius 2 is 1.83 bits per heavy atom. The summed E-state index contributed by atoms with van der Waals surface area (Å²) in [4.78, 5) is 23.5. The monoisotopic (exact) mass is 395 g/mol. The number of ether oxygens (including phenoxy) is 3. The van der Waals surface area contributed by atoms with E-state index < -0.39 is 10.5 Å². The number of fused-ring (bicyclic) bond motifs is 1. The molecule has 7 heteroatoms. The van der Waals surface area contributed by atoms with Crippen LogP contribution in [0.15, 0.2) is 42.5 Å². The van der Waals surface area contributed by atoms with Crippen LogP contribution in [0.4, 0.5) is 5.69 Å². The number of methoxy groups -OCH3 is 2. The molecule has 0 aromatic heterocycles. The van der Waals surface area contributed by atoms with E-state index in [1.807, 2.05) is 26.0 Å². The van der Waals surface area contributed by atoms with E-state index in [1.165, 1.54) is 31.4 Å². The quantitative estimate of drug-likeness (QED) is 0.305. The molecule has 2 aromatic carbocycles. The molecule has 0 saturated heterocycles. The van der Waals surface area contributed by atoms with Gasteiger partial charge in [0, 0.05) is 6.07 Å². The predicted octanol–water partition coefficient (Wildman–Crippen LogP) is 4.69. The molecule has 0 amide bonds. The molecule has 3 rings (SSSR count). The Morgan fingerprint density at radius 3 is 2.48 bits per heavy atom. The van der Waals surface area contributed by atoms with Crippen LogP contribution in [0.25, 0.3) is 12.2 Å². The number of allylic oxidation sites excluding steroid dienone is 1. The first-order valence-electron chi connectivity index (χ1n) is 8.90. The van der Waals surface area contributed by atoms with E-state index in [9.17, 15) is 14.9 Å². The van der Waals surface area contributed by atoms with Crippen LogP contribution in [0.3, 0.4) is 0 Å². The molecule has 1 heterocycles. The van der Waals surface area contributed by atoms with Gasteiger partial charge in [0.05, 0.1) is 30.3 Å². The van der Waals surface area contributed by atoms with Crippen molar-refractivity contribution < 1.29 is 23.9 Å². The van der Waals surface area contributed by atoms with Crippen molar-refractivity contribution in [3.63, 3.8) is 0 Å². The van der Waals surface area contributed by atoms with Crippen molar-refractivity contribution in [1.29, 1.82) is 0 Å². The van der Waals surface area contributed by atoms with E-state index in [-0.39, 0.29) is 17.2 Å². The maximum atomic E-state index is 12.9. The molecular formula is C22H21NO6. The normalized spacial score (nSPS) is 14.2. The maximum absolute atomic E-state index is 12.9. The largest absolute Gasteiger partial charge is 0.496 e. The lowest BCUT2D eigenvalue weighted by Gasteiger charge is -2.29. The van der Waals surface area contributed by atoms with Gasteiger partial charge in [0.15, 0.2) is 11.5 Å². The number of hydrogen-bond donors (Lipinski definition) is 0. The maximum Gasteiger partial charge on any atom is 0.311 e. The molecule has 0 unspecified atom stereocenters. The molecular weight excluding hydrogens is 374 g/mol. The highest BCUT2D eigenvalue weighted by Gasteiger charge is 2.27. The molecule has 0 aliphatic carbocycles. The van der Waals surface area contributed by atoms with Gasteiger partial charge in [0.1, 0.15) is 17.1 Å². The van der Waals surface area contributed by atoms with Gasteiger partial charge < -0.3 is 14.2 Å². The summed E-state index contributed by atoms with van der Waals surface area (Å²) in [6.45, 7) is 3.79. The highest BCUT2D eigenvalue weighted by molar-refractivity contribution is 6.09. The summed E-state index contributed by atoms with van der Waals surface area (Å²) in [5, 5.41) is 11.2. The number of nitrogens with zero attached hydrogens (tertiary/aromatic N) is 1. The summed E-state index contributed by atoms with van der Waals surface area (Å²) >= 11 is 0. The van der Waals surface area contributed by atoms with E-state index in [0.717, 1.165) is 0 Å². The van der Waals surface area contributed by atoms with Crippen LogP contribution in [0, 0.1) is 10.1 Å². The molecule has 0 bridgehead atoms. The molecule has 1 aliphatic heterocycles. The zero-order valence-electron chi connectivity index (χ0n) is 16.6. The van der Waals surface area contributed by atoms with Crippen molar-refractivity contribution in [3.8, 4) is 17.2 Å². The van der Waals surface area contributed by atoms with Gasteiger partial charge in [0.2, 0.25) is 0 Å². The van der Waals surface area contributed by atoms with Crippen LogP contribution in [0.5, 0.6) is 17.2 Å². The minimum atomic E-state index is -0.561. The van der Waals surface area contributed by atoms with E-state index >= 15 is 0 Å². The van der Waals surface area contributed by atoms with Gasteiger partial charge in [-0.3, -0.25) is 14.9 Å². The first kappa shape index (κ1) is 20.1. The van der Waals surface area contributed by atoms with Crippen LogP contribution in [0.2, 0.25) is 0 Å².